The Kier molecular flexibility index (Phi) is 4.04. The Labute approximate surface area is 137 Å². The minimum Gasteiger partial charge on any atom is -0.507 e. The molecule has 0 spiro atoms. The molecule has 0 aliphatic rings. The van der Waals surface area contributed by atoms with Crippen molar-refractivity contribution in [1.82, 2.24) is 4.98 Å². The molecule has 3 aromatic rings. The van der Waals surface area contributed by atoms with Crippen LogP contribution in [0.15, 0.2) is 47.0 Å². The Bertz CT molecular complexity index is 877. The maximum absolute atomic E-state index is 12.8. The highest BCUT2D eigenvalue weighted by atomic mass is 19.1. The molecule has 0 aliphatic carbocycles. The number of nitrogens with zero attached hydrogens (tertiary/aromatic N) is 1. The van der Waals surface area contributed by atoms with Gasteiger partial charge in [-0.25, -0.2) is 14.2 Å². The van der Waals surface area contributed by atoms with E-state index in [9.17, 15) is 14.3 Å². The van der Waals surface area contributed by atoms with E-state index >= 15 is 0 Å². The standard InChI is InChI=1S/C18H14FNO4/c1-10-7-12(8-11(2)16(10)21)17-20-9-15(24-17)18(22)23-14-5-3-13(19)4-6-14/h3-9,21H,1-2H3. The first kappa shape index (κ1) is 15.7. The summed E-state index contributed by atoms with van der Waals surface area (Å²) in [5.41, 5.74) is 2.00. The second-order valence-electron chi connectivity index (χ2n) is 5.33. The number of phenols is 1. The maximum Gasteiger partial charge on any atom is 0.381 e. The van der Waals surface area contributed by atoms with Crippen LogP contribution in [0.5, 0.6) is 11.5 Å². The smallest absolute Gasteiger partial charge is 0.381 e. The Morgan fingerprint density at radius 1 is 1.17 bits per heavy atom. The summed E-state index contributed by atoms with van der Waals surface area (Å²) >= 11 is 0. The first-order valence-electron chi connectivity index (χ1n) is 7.18. The van der Waals surface area contributed by atoms with E-state index in [1.807, 2.05) is 0 Å². The van der Waals surface area contributed by atoms with Gasteiger partial charge in [-0.1, -0.05) is 0 Å². The zero-order valence-electron chi connectivity index (χ0n) is 13.0. The van der Waals surface area contributed by atoms with Crippen molar-refractivity contribution in [3.8, 4) is 23.0 Å². The molecule has 122 valence electrons. The molecule has 1 heterocycles. The molecule has 3 rings (SSSR count). The van der Waals surface area contributed by atoms with Gasteiger partial charge in [0.2, 0.25) is 11.7 Å². The van der Waals surface area contributed by atoms with E-state index in [2.05, 4.69) is 4.98 Å². The Hall–Kier alpha value is -3.15. The number of carbonyl (C=O) groups is 1. The van der Waals surface area contributed by atoms with E-state index in [1.54, 1.807) is 26.0 Å². The number of phenolic OH excluding ortho intramolecular Hbond substituents is 1. The number of halogens is 1. The van der Waals surface area contributed by atoms with Crippen LogP contribution in [0.4, 0.5) is 4.39 Å². The van der Waals surface area contributed by atoms with E-state index in [0.717, 1.165) is 0 Å². The summed E-state index contributed by atoms with van der Waals surface area (Å²) in [4.78, 5) is 16.1. The van der Waals surface area contributed by atoms with Crippen LogP contribution in [0.3, 0.4) is 0 Å². The second kappa shape index (κ2) is 6.16. The number of carbonyl (C=O) groups excluding carboxylic acids is 1. The van der Waals surface area contributed by atoms with Crippen LogP contribution in [-0.4, -0.2) is 16.1 Å². The predicted octanol–water partition coefficient (Wildman–Crippen LogP) is 4.02. The van der Waals surface area contributed by atoms with Crippen LogP contribution in [-0.2, 0) is 0 Å². The molecular formula is C18H14FNO4. The molecule has 1 N–H and O–H groups in total. The summed E-state index contributed by atoms with van der Waals surface area (Å²) in [6, 6.07) is 8.49. The minimum absolute atomic E-state index is 0.0716. The fourth-order valence-corrected chi connectivity index (χ4v) is 2.24. The Balaban J connectivity index is 1.82. The molecule has 0 saturated carbocycles. The van der Waals surface area contributed by atoms with Crippen LogP contribution >= 0.6 is 0 Å². The summed E-state index contributed by atoms with van der Waals surface area (Å²) in [7, 11) is 0. The van der Waals surface area contributed by atoms with Crippen LogP contribution in [0.2, 0.25) is 0 Å². The van der Waals surface area contributed by atoms with Gasteiger partial charge >= 0.3 is 5.97 Å². The zero-order valence-corrected chi connectivity index (χ0v) is 13.0. The van der Waals surface area contributed by atoms with Crippen molar-refractivity contribution < 1.29 is 23.4 Å². The molecule has 0 fully saturated rings. The third-order valence-corrected chi connectivity index (χ3v) is 3.47. The van der Waals surface area contributed by atoms with Crippen molar-refractivity contribution in [2.45, 2.75) is 13.8 Å². The Morgan fingerprint density at radius 3 is 2.42 bits per heavy atom. The normalized spacial score (nSPS) is 10.6. The highest BCUT2D eigenvalue weighted by Gasteiger charge is 2.17. The summed E-state index contributed by atoms with van der Waals surface area (Å²) in [5.74, 6) is -0.565. The lowest BCUT2D eigenvalue weighted by molar-refractivity contribution is 0.0702. The largest absolute Gasteiger partial charge is 0.507 e. The van der Waals surface area contributed by atoms with Gasteiger partial charge in [0.1, 0.15) is 17.3 Å². The van der Waals surface area contributed by atoms with Crippen molar-refractivity contribution in [3.63, 3.8) is 0 Å². The molecule has 0 radical (unpaired) electrons. The van der Waals surface area contributed by atoms with Crippen LogP contribution in [0.25, 0.3) is 11.5 Å². The number of benzene rings is 2. The molecule has 5 nitrogen and oxygen atoms in total. The summed E-state index contributed by atoms with van der Waals surface area (Å²) < 4.78 is 23.4. The van der Waals surface area contributed by atoms with Gasteiger partial charge in [-0.2, -0.15) is 0 Å². The molecule has 24 heavy (non-hydrogen) atoms. The lowest BCUT2D eigenvalue weighted by Gasteiger charge is -2.05. The van der Waals surface area contributed by atoms with Crippen molar-refractivity contribution in [3.05, 3.63) is 65.3 Å². The number of hydrogen-bond acceptors (Lipinski definition) is 5. The van der Waals surface area contributed by atoms with Gasteiger partial charge in [0.15, 0.2) is 0 Å². The molecule has 0 amide bonds. The quantitative estimate of drug-likeness (QED) is 0.581. The van der Waals surface area contributed by atoms with Crippen LogP contribution in [0.1, 0.15) is 21.7 Å². The van der Waals surface area contributed by atoms with Gasteiger partial charge in [-0.15, -0.1) is 0 Å². The molecule has 1 aromatic heterocycles. The van der Waals surface area contributed by atoms with Crippen molar-refractivity contribution in [2.24, 2.45) is 0 Å². The van der Waals surface area contributed by atoms with E-state index in [0.29, 0.717) is 16.7 Å². The molecule has 0 bridgehead atoms. The first-order chi connectivity index (χ1) is 11.4. The number of ether oxygens (including phenoxy) is 1. The Morgan fingerprint density at radius 2 is 1.79 bits per heavy atom. The van der Waals surface area contributed by atoms with Gasteiger partial charge in [-0.3, -0.25) is 0 Å². The monoisotopic (exact) mass is 327 g/mol. The maximum atomic E-state index is 12.8. The van der Waals surface area contributed by atoms with Crippen LogP contribution in [0, 0.1) is 19.7 Å². The zero-order chi connectivity index (χ0) is 17.3. The molecule has 2 aromatic carbocycles. The molecule has 0 unspecified atom stereocenters. The van der Waals surface area contributed by atoms with Gasteiger partial charge in [-0.05, 0) is 61.4 Å². The lowest BCUT2D eigenvalue weighted by atomic mass is 10.1. The minimum atomic E-state index is -0.729. The van der Waals surface area contributed by atoms with Gasteiger partial charge in [0.05, 0.1) is 6.20 Å². The SMILES string of the molecule is Cc1cc(-c2ncc(C(=O)Oc3ccc(F)cc3)o2)cc(C)c1O. The highest BCUT2D eigenvalue weighted by Crippen LogP contribution is 2.29. The van der Waals surface area contributed by atoms with Crippen LogP contribution < -0.4 is 4.74 Å². The third-order valence-electron chi connectivity index (χ3n) is 3.47. The number of aryl methyl sites for hydroxylation is 2. The van der Waals surface area contributed by atoms with Gasteiger partial charge < -0.3 is 14.3 Å². The van der Waals surface area contributed by atoms with Crippen molar-refractivity contribution in [1.29, 1.82) is 0 Å². The van der Waals surface area contributed by atoms with E-state index in [1.165, 1.54) is 30.5 Å². The number of oxazole rings is 1. The lowest BCUT2D eigenvalue weighted by Crippen LogP contribution is -2.07. The van der Waals surface area contributed by atoms with E-state index in [4.69, 9.17) is 9.15 Å². The second-order valence-corrected chi connectivity index (χ2v) is 5.33. The fraction of sp³-hybridized carbons (Fsp3) is 0.111. The average molecular weight is 327 g/mol. The summed E-state index contributed by atoms with van der Waals surface area (Å²) in [6.07, 6.45) is 1.26. The van der Waals surface area contributed by atoms with Gasteiger partial charge in [0.25, 0.3) is 0 Å². The van der Waals surface area contributed by atoms with E-state index in [-0.39, 0.29) is 23.1 Å². The van der Waals surface area contributed by atoms with Crippen molar-refractivity contribution in [2.75, 3.05) is 0 Å². The van der Waals surface area contributed by atoms with Gasteiger partial charge in [0, 0.05) is 5.56 Å². The average Bonchev–Trinajstić information content (AvgIpc) is 3.04. The highest BCUT2D eigenvalue weighted by molar-refractivity contribution is 5.88. The number of aromatic nitrogens is 1. The molecular weight excluding hydrogens is 313 g/mol. The van der Waals surface area contributed by atoms with E-state index < -0.39 is 11.8 Å². The summed E-state index contributed by atoms with van der Waals surface area (Å²) in [5, 5.41) is 9.80. The summed E-state index contributed by atoms with van der Waals surface area (Å²) in [6.45, 7) is 3.52. The molecule has 6 heteroatoms. The number of rotatable bonds is 3. The fourth-order valence-electron chi connectivity index (χ4n) is 2.24. The molecule has 0 aliphatic heterocycles. The topological polar surface area (TPSA) is 72.6 Å². The number of hydrogen-bond donors (Lipinski definition) is 1. The number of aromatic hydroxyl groups is 1. The third kappa shape index (κ3) is 3.12. The molecule has 0 atom stereocenters. The van der Waals surface area contributed by atoms with Crippen molar-refractivity contribution >= 4 is 5.97 Å². The predicted molar refractivity (Wildman–Crippen MR) is 84.4 cm³/mol. The first-order valence-corrected chi connectivity index (χ1v) is 7.18. The number of esters is 1. The molecule has 0 saturated heterocycles.